The molecule has 92 valence electrons. The van der Waals surface area contributed by atoms with Gasteiger partial charge in [0.15, 0.2) is 17.3 Å². The maximum absolute atomic E-state index is 11.8. The van der Waals surface area contributed by atoms with Gasteiger partial charge in [-0.25, -0.2) is 0 Å². The largest absolute Gasteiger partial charge is 0.454 e. The second kappa shape index (κ2) is 4.70. The van der Waals surface area contributed by atoms with Crippen LogP contribution in [0, 0.1) is 0 Å². The molecule has 5 heteroatoms. The van der Waals surface area contributed by atoms with Gasteiger partial charge in [-0.3, -0.25) is 4.79 Å². The summed E-state index contributed by atoms with van der Waals surface area (Å²) in [4.78, 5) is 12.6. The summed E-state index contributed by atoms with van der Waals surface area (Å²) in [6.45, 7) is 0.535. The van der Waals surface area contributed by atoms with E-state index in [4.69, 9.17) is 9.47 Å². The van der Waals surface area contributed by atoms with Crippen molar-refractivity contribution in [2.45, 2.75) is 0 Å². The predicted octanol–water partition coefficient (Wildman–Crippen LogP) is 2.77. The van der Waals surface area contributed by atoms with E-state index < -0.39 is 0 Å². The molecule has 1 aliphatic heterocycles. The molecule has 0 spiro atoms. The monoisotopic (exact) mass is 261 g/mol. The molecule has 0 fully saturated rings. The lowest BCUT2D eigenvalue weighted by Crippen LogP contribution is -2.12. The molecule has 3 rings (SSSR count). The van der Waals surface area contributed by atoms with E-state index in [0.29, 0.717) is 5.75 Å². The zero-order valence-electron chi connectivity index (χ0n) is 9.51. The zero-order valence-corrected chi connectivity index (χ0v) is 10.3. The van der Waals surface area contributed by atoms with Crippen molar-refractivity contribution in [1.29, 1.82) is 0 Å². The number of rotatable bonds is 4. The van der Waals surface area contributed by atoms with Gasteiger partial charge < -0.3 is 14.8 Å². The fraction of sp³-hybridized carbons (Fsp3) is 0.154. The average Bonchev–Trinajstić information content (AvgIpc) is 3.05. The Labute approximate surface area is 108 Å². The van der Waals surface area contributed by atoms with Gasteiger partial charge in [-0.2, -0.15) is 0 Å². The lowest BCUT2D eigenvalue weighted by molar-refractivity contribution is 0.101. The Morgan fingerprint density at radius 2 is 2.17 bits per heavy atom. The maximum Gasteiger partial charge on any atom is 0.231 e. The van der Waals surface area contributed by atoms with Crippen LogP contribution < -0.4 is 14.8 Å². The van der Waals surface area contributed by atoms with Crippen LogP contribution in [-0.4, -0.2) is 19.1 Å². The number of hydrogen-bond acceptors (Lipinski definition) is 5. The number of Topliss-reactive ketones (excluding diaryl/α,β-unsaturated/α-hetero) is 1. The number of ether oxygens (including phenoxy) is 2. The van der Waals surface area contributed by atoms with Crippen LogP contribution in [0.25, 0.3) is 0 Å². The summed E-state index contributed by atoms with van der Waals surface area (Å²) in [5, 5.41) is 4.98. The normalized spacial score (nSPS) is 12.4. The summed E-state index contributed by atoms with van der Waals surface area (Å²) in [6.07, 6.45) is 0. The molecule has 2 heterocycles. The first-order chi connectivity index (χ1) is 8.83. The highest BCUT2D eigenvalue weighted by Crippen LogP contribution is 2.34. The molecule has 0 saturated carbocycles. The third-order valence-electron chi connectivity index (χ3n) is 2.62. The Bertz CT molecular complexity index is 566. The molecular formula is C13H11NO3S. The van der Waals surface area contributed by atoms with Gasteiger partial charge in [0, 0.05) is 11.8 Å². The number of fused-ring (bicyclic) bond motifs is 1. The molecule has 0 amide bonds. The number of thiophene rings is 1. The molecule has 0 atom stereocenters. The number of anilines is 1. The summed E-state index contributed by atoms with van der Waals surface area (Å²) in [6, 6.07) is 9.24. The summed E-state index contributed by atoms with van der Waals surface area (Å²) in [5.74, 6) is 1.54. The van der Waals surface area contributed by atoms with Crippen molar-refractivity contribution in [2.75, 3.05) is 18.7 Å². The third-order valence-corrected chi connectivity index (χ3v) is 3.53. The number of carbonyl (C=O) groups is 1. The Balaban J connectivity index is 1.65. The molecule has 4 nitrogen and oxygen atoms in total. The van der Waals surface area contributed by atoms with Gasteiger partial charge in [-0.05, 0) is 23.6 Å². The summed E-state index contributed by atoms with van der Waals surface area (Å²) in [7, 11) is 0. The Kier molecular flexibility index (Phi) is 2.90. The molecule has 2 aromatic rings. The van der Waals surface area contributed by atoms with Crippen LogP contribution in [0.5, 0.6) is 11.5 Å². The highest BCUT2D eigenvalue weighted by Gasteiger charge is 2.13. The van der Waals surface area contributed by atoms with Crippen LogP contribution in [-0.2, 0) is 0 Å². The highest BCUT2D eigenvalue weighted by atomic mass is 32.1. The van der Waals surface area contributed by atoms with Crippen molar-refractivity contribution in [3.63, 3.8) is 0 Å². The number of carbonyl (C=O) groups excluding carboxylic acids is 1. The van der Waals surface area contributed by atoms with E-state index >= 15 is 0 Å². The minimum atomic E-state index is 0.0858. The second-order valence-corrected chi connectivity index (χ2v) is 4.77. The Morgan fingerprint density at radius 1 is 1.28 bits per heavy atom. The van der Waals surface area contributed by atoms with Gasteiger partial charge >= 0.3 is 0 Å². The maximum atomic E-state index is 11.8. The second-order valence-electron chi connectivity index (χ2n) is 3.82. The third kappa shape index (κ3) is 2.17. The summed E-state index contributed by atoms with van der Waals surface area (Å²) >= 11 is 1.45. The van der Waals surface area contributed by atoms with Crippen LogP contribution in [0.1, 0.15) is 9.67 Å². The highest BCUT2D eigenvalue weighted by molar-refractivity contribution is 7.12. The first-order valence-electron chi connectivity index (χ1n) is 5.53. The van der Waals surface area contributed by atoms with Crippen LogP contribution in [0.2, 0.25) is 0 Å². The summed E-state index contributed by atoms with van der Waals surface area (Å²) in [5.41, 5.74) is 0.851. The van der Waals surface area contributed by atoms with E-state index in [9.17, 15) is 4.79 Å². The molecular weight excluding hydrogens is 250 g/mol. The molecule has 1 aliphatic rings. The fourth-order valence-corrected chi connectivity index (χ4v) is 2.38. The van der Waals surface area contributed by atoms with Crippen LogP contribution >= 0.6 is 11.3 Å². The van der Waals surface area contributed by atoms with E-state index in [-0.39, 0.29) is 19.1 Å². The zero-order chi connectivity index (χ0) is 12.4. The van der Waals surface area contributed by atoms with E-state index in [2.05, 4.69) is 5.32 Å². The smallest absolute Gasteiger partial charge is 0.231 e. The molecule has 18 heavy (non-hydrogen) atoms. The molecule has 1 N–H and O–H groups in total. The van der Waals surface area contributed by atoms with Crippen molar-refractivity contribution < 1.29 is 14.3 Å². The molecule has 0 unspecified atom stereocenters. The van der Waals surface area contributed by atoms with Gasteiger partial charge in [-0.1, -0.05) is 6.07 Å². The molecule has 0 bridgehead atoms. The molecule has 1 aromatic heterocycles. The predicted molar refractivity (Wildman–Crippen MR) is 69.7 cm³/mol. The summed E-state index contributed by atoms with van der Waals surface area (Å²) < 4.78 is 10.5. The fourth-order valence-electron chi connectivity index (χ4n) is 1.71. The van der Waals surface area contributed by atoms with E-state index in [0.717, 1.165) is 16.3 Å². The van der Waals surface area contributed by atoms with Gasteiger partial charge in [-0.15, -0.1) is 11.3 Å². The van der Waals surface area contributed by atoms with E-state index in [1.165, 1.54) is 11.3 Å². The molecule has 0 saturated heterocycles. The van der Waals surface area contributed by atoms with Crippen LogP contribution in [0.3, 0.4) is 0 Å². The standard InChI is InChI=1S/C13H11NO3S/c15-10(13-2-1-5-18-13)7-14-9-3-4-11-12(6-9)17-8-16-11/h1-6,14H,7-8H2. The topological polar surface area (TPSA) is 47.6 Å². The Morgan fingerprint density at radius 3 is 3.00 bits per heavy atom. The number of nitrogens with one attached hydrogen (secondary N) is 1. The van der Waals surface area contributed by atoms with Gasteiger partial charge in [0.05, 0.1) is 11.4 Å². The number of benzene rings is 1. The quantitative estimate of drug-likeness (QED) is 0.860. The lowest BCUT2D eigenvalue weighted by atomic mass is 10.2. The van der Waals surface area contributed by atoms with Gasteiger partial charge in [0.1, 0.15) is 0 Å². The Hall–Kier alpha value is -2.01. The number of hydrogen-bond donors (Lipinski definition) is 1. The minimum absolute atomic E-state index is 0.0858. The van der Waals surface area contributed by atoms with E-state index in [1.54, 1.807) is 0 Å². The van der Waals surface area contributed by atoms with E-state index in [1.807, 2.05) is 35.7 Å². The van der Waals surface area contributed by atoms with Crippen molar-refractivity contribution in [1.82, 2.24) is 0 Å². The molecule has 0 aliphatic carbocycles. The van der Waals surface area contributed by atoms with Crippen molar-refractivity contribution in [3.8, 4) is 11.5 Å². The SMILES string of the molecule is O=C(CNc1ccc2c(c1)OCO2)c1cccs1. The van der Waals surface area contributed by atoms with Gasteiger partial charge in [0.2, 0.25) is 6.79 Å². The molecule has 1 aromatic carbocycles. The van der Waals surface area contributed by atoms with Crippen LogP contribution in [0.15, 0.2) is 35.7 Å². The first kappa shape index (κ1) is 11.1. The lowest BCUT2D eigenvalue weighted by Gasteiger charge is -2.05. The first-order valence-corrected chi connectivity index (χ1v) is 6.41. The van der Waals surface area contributed by atoms with Gasteiger partial charge in [0.25, 0.3) is 0 Å². The van der Waals surface area contributed by atoms with Crippen LogP contribution in [0.4, 0.5) is 5.69 Å². The average molecular weight is 261 g/mol. The number of ketones is 1. The minimum Gasteiger partial charge on any atom is -0.454 e. The molecule has 0 radical (unpaired) electrons. The van der Waals surface area contributed by atoms with Crippen molar-refractivity contribution in [3.05, 3.63) is 40.6 Å². The van der Waals surface area contributed by atoms with Crippen molar-refractivity contribution in [2.24, 2.45) is 0 Å². The van der Waals surface area contributed by atoms with Crippen molar-refractivity contribution >= 4 is 22.8 Å².